The quantitative estimate of drug-likeness (QED) is 0.538. The highest BCUT2D eigenvalue weighted by Gasteiger charge is 2.26. The molecule has 4 rings (SSSR count). The lowest BCUT2D eigenvalue weighted by atomic mass is 10.1. The molecular formula is C22H21ClN2O4S2. The molecule has 0 atom stereocenters. The summed E-state index contributed by atoms with van der Waals surface area (Å²) >= 11 is 7.75. The van der Waals surface area contributed by atoms with Crippen molar-refractivity contribution in [2.75, 3.05) is 37.4 Å². The molecule has 0 saturated carbocycles. The summed E-state index contributed by atoms with van der Waals surface area (Å²) in [6.45, 7) is 1.48. The van der Waals surface area contributed by atoms with Crippen molar-refractivity contribution < 1.29 is 17.9 Å². The van der Waals surface area contributed by atoms with Crippen LogP contribution in [0.3, 0.4) is 0 Å². The van der Waals surface area contributed by atoms with Gasteiger partial charge in [0, 0.05) is 34.1 Å². The van der Waals surface area contributed by atoms with E-state index in [9.17, 15) is 13.2 Å². The largest absolute Gasteiger partial charge is 0.379 e. The number of carbonyl (C=O) groups excluding carboxylic acids is 1. The molecule has 1 fully saturated rings. The molecule has 1 amide bonds. The highest BCUT2D eigenvalue weighted by atomic mass is 35.5. The van der Waals surface area contributed by atoms with E-state index in [2.05, 4.69) is 5.32 Å². The van der Waals surface area contributed by atoms with Crippen LogP contribution < -0.4 is 5.32 Å². The molecular weight excluding hydrogens is 456 g/mol. The summed E-state index contributed by atoms with van der Waals surface area (Å²) in [4.78, 5) is 13.6. The van der Waals surface area contributed by atoms with Crippen molar-refractivity contribution in [3.63, 3.8) is 0 Å². The van der Waals surface area contributed by atoms with Gasteiger partial charge in [-0.3, -0.25) is 4.79 Å². The van der Waals surface area contributed by atoms with Crippen LogP contribution in [0.4, 0.5) is 5.69 Å². The van der Waals surface area contributed by atoms with Gasteiger partial charge in [0.1, 0.15) is 0 Å². The van der Waals surface area contributed by atoms with Crippen LogP contribution >= 0.6 is 23.4 Å². The van der Waals surface area contributed by atoms with Crippen molar-refractivity contribution in [2.45, 2.75) is 9.79 Å². The summed E-state index contributed by atoms with van der Waals surface area (Å²) in [6.07, 6.45) is 0. The van der Waals surface area contributed by atoms with Crippen molar-refractivity contribution in [3.8, 4) is 0 Å². The van der Waals surface area contributed by atoms with Gasteiger partial charge in [0.25, 0.3) is 0 Å². The topological polar surface area (TPSA) is 75.7 Å². The summed E-state index contributed by atoms with van der Waals surface area (Å²) in [7, 11) is -3.55. The van der Waals surface area contributed by atoms with Gasteiger partial charge in [-0.25, -0.2) is 8.42 Å². The second-order valence-corrected chi connectivity index (χ2v) is 10.3. The highest BCUT2D eigenvalue weighted by molar-refractivity contribution is 8.00. The Kier molecular flexibility index (Phi) is 6.83. The second-order valence-electron chi connectivity index (χ2n) is 6.97. The zero-order chi connectivity index (χ0) is 21.8. The molecule has 1 heterocycles. The standard InChI is InChI=1S/C22H21ClN2O4S2/c23-19-5-1-3-16-4-2-6-20(22(16)19)30-15-21(26)24-17-7-9-18(10-8-17)31(27,28)25-11-13-29-14-12-25/h1-10H,11-15H2,(H,24,26). The normalized spacial score (nSPS) is 15.1. The van der Waals surface area contributed by atoms with Gasteiger partial charge < -0.3 is 10.1 Å². The fourth-order valence-corrected chi connectivity index (χ4v) is 6.02. The van der Waals surface area contributed by atoms with Crippen LogP contribution in [0.25, 0.3) is 10.8 Å². The SMILES string of the molecule is O=C(CSc1cccc2cccc(Cl)c12)Nc1ccc(S(=O)(=O)N2CCOCC2)cc1. The lowest BCUT2D eigenvalue weighted by Crippen LogP contribution is -2.40. The first-order chi connectivity index (χ1) is 14.9. The Bertz CT molecular complexity index is 1190. The van der Waals surface area contributed by atoms with Gasteiger partial charge in [-0.2, -0.15) is 4.31 Å². The maximum absolute atomic E-state index is 12.7. The number of fused-ring (bicyclic) bond motifs is 1. The predicted molar refractivity (Wildman–Crippen MR) is 124 cm³/mol. The third-order valence-corrected chi connectivity index (χ3v) is 8.21. The number of rotatable bonds is 6. The number of anilines is 1. The van der Waals surface area contributed by atoms with Crippen LogP contribution in [0.15, 0.2) is 70.5 Å². The summed E-state index contributed by atoms with van der Waals surface area (Å²) in [5, 5.41) is 5.42. The lowest BCUT2D eigenvalue weighted by molar-refractivity contribution is -0.113. The van der Waals surface area contributed by atoms with E-state index in [1.807, 2.05) is 36.4 Å². The molecule has 9 heteroatoms. The molecule has 162 valence electrons. The fourth-order valence-electron chi connectivity index (χ4n) is 3.37. The first-order valence-electron chi connectivity index (χ1n) is 9.73. The monoisotopic (exact) mass is 476 g/mol. The molecule has 3 aromatic carbocycles. The van der Waals surface area contributed by atoms with Gasteiger partial charge in [0.15, 0.2) is 0 Å². The van der Waals surface area contributed by atoms with Crippen LogP contribution in [0.5, 0.6) is 0 Å². The zero-order valence-corrected chi connectivity index (χ0v) is 19.0. The number of ether oxygens (including phenoxy) is 1. The molecule has 0 aromatic heterocycles. The first-order valence-corrected chi connectivity index (χ1v) is 12.5. The average Bonchev–Trinajstić information content (AvgIpc) is 2.79. The first kappa shape index (κ1) is 22.1. The van der Waals surface area contributed by atoms with Gasteiger partial charge in [0.2, 0.25) is 15.9 Å². The van der Waals surface area contributed by atoms with Crippen molar-refractivity contribution in [2.24, 2.45) is 0 Å². The van der Waals surface area contributed by atoms with Gasteiger partial charge >= 0.3 is 0 Å². The van der Waals surface area contributed by atoms with E-state index in [-0.39, 0.29) is 16.6 Å². The minimum absolute atomic E-state index is 0.183. The van der Waals surface area contributed by atoms with Crippen LogP contribution in [-0.4, -0.2) is 50.7 Å². The number of nitrogens with one attached hydrogen (secondary N) is 1. The Balaban J connectivity index is 1.39. The Morgan fingerprint density at radius 1 is 1.03 bits per heavy atom. The van der Waals surface area contributed by atoms with Crippen molar-refractivity contribution in [1.29, 1.82) is 0 Å². The Hall–Kier alpha value is -2.10. The molecule has 6 nitrogen and oxygen atoms in total. The maximum Gasteiger partial charge on any atom is 0.243 e. The molecule has 31 heavy (non-hydrogen) atoms. The summed E-state index contributed by atoms with van der Waals surface area (Å²) in [5.41, 5.74) is 0.544. The molecule has 0 radical (unpaired) electrons. The van der Waals surface area contributed by atoms with E-state index in [4.69, 9.17) is 16.3 Å². The van der Waals surface area contributed by atoms with Crippen LogP contribution in [0.1, 0.15) is 0 Å². The van der Waals surface area contributed by atoms with Crippen molar-refractivity contribution in [3.05, 3.63) is 65.7 Å². The van der Waals surface area contributed by atoms with Gasteiger partial charge in [-0.05, 0) is 41.8 Å². The Labute approximate surface area is 190 Å². The van der Waals surface area contributed by atoms with E-state index in [0.29, 0.717) is 37.0 Å². The number of nitrogens with zero attached hydrogens (tertiary/aromatic N) is 1. The third kappa shape index (κ3) is 5.05. The van der Waals surface area contributed by atoms with E-state index >= 15 is 0 Å². The molecule has 0 spiro atoms. The molecule has 1 saturated heterocycles. The summed E-state index contributed by atoms with van der Waals surface area (Å²) in [5.74, 6) is 0.0240. The number of carbonyl (C=O) groups is 1. The second kappa shape index (κ2) is 9.58. The van der Waals surface area contributed by atoms with Gasteiger partial charge in [-0.15, -0.1) is 11.8 Å². The van der Waals surface area contributed by atoms with Crippen molar-refractivity contribution >= 4 is 55.8 Å². The number of halogens is 1. The number of sulfonamides is 1. The molecule has 1 aliphatic rings. The molecule has 0 aliphatic carbocycles. The van der Waals surface area contributed by atoms with Gasteiger partial charge in [0.05, 0.1) is 23.9 Å². The van der Waals surface area contributed by atoms with Crippen LogP contribution in [0, 0.1) is 0 Å². The minimum atomic E-state index is -3.55. The van der Waals surface area contributed by atoms with E-state index in [1.54, 1.807) is 12.1 Å². The maximum atomic E-state index is 12.7. The zero-order valence-electron chi connectivity index (χ0n) is 16.6. The van der Waals surface area contributed by atoms with Crippen LogP contribution in [0.2, 0.25) is 5.02 Å². The summed E-state index contributed by atoms with van der Waals surface area (Å²) < 4.78 is 32.0. The molecule has 1 N–H and O–H groups in total. The fraction of sp³-hybridized carbons (Fsp3) is 0.227. The smallest absolute Gasteiger partial charge is 0.243 e. The number of benzene rings is 3. The number of thioether (sulfide) groups is 1. The Morgan fingerprint density at radius 3 is 2.42 bits per heavy atom. The molecule has 0 unspecified atom stereocenters. The molecule has 1 aliphatic heterocycles. The highest BCUT2D eigenvalue weighted by Crippen LogP contribution is 2.33. The van der Waals surface area contributed by atoms with E-state index < -0.39 is 10.0 Å². The predicted octanol–water partition coefficient (Wildman–Crippen LogP) is 4.24. The van der Waals surface area contributed by atoms with Crippen LogP contribution in [-0.2, 0) is 19.6 Å². The average molecular weight is 477 g/mol. The third-order valence-electron chi connectivity index (χ3n) is 4.92. The number of hydrogen-bond acceptors (Lipinski definition) is 5. The number of morpholine rings is 1. The Morgan fingerprint density at radius 2 is 1.71 bits per heavy atom. The lowest BCUT2D eigenvalue weighted by Gasteiger charge is -2.26. The van der Waals surface area contributed by atoms with E-state index in [0.717, 1.165) is 15.7 Å². The van der Waals surface area contributed by atoms with E-state index in [1.165, 1.54) is 28.2 Å². The molecule has 3 aromatic rings. The minimum Gasteiger partial charge on any atom is -0.379 e. The number of amides is 1. The van der Waals surface area contributed by atoms with Crippen molar-refractivity contribution in [1.82, 2.24) is 4.31 Å². The summed E-state index contributed by atoms with van der Waals surface area (Å²) in [6, 6.07) is 17.8. The number of hydrogen-bond donors (Lipinski definition) is 1. The van der Waals surface area contributed by atoms with Gasteiger partial charge in [-0.1, -0.05) is 35.9 Å². The molecule has 0 bridgehead atoms.